The molecular weight excluding hydrogens is 434 g/mol. The smallest absolute Gasteiger partial charge is 0.254 e. The third-order valence-corrected chi connectivity index (χ3v) is 10.4. The van der Waals surface area contributed by atoms with Gasteiger partial charge in [0.15, 0.2) is 5.17 Å². The van der Waals surface area contributed by atoms with Gasteiger partial charge in [-0.25, -0.2) is 0 Å². The molecule has 4 aliphatic rings. The van der Waals surface area contributed by atoms with Crippen molar-refractivity contribution in [1.29, 1.82) is 0 Å². The minimum absolute atomic E-state index is 0.137. The van der Waals surface area contributed by atoms with Gasteiger partial charge >= 0.3 is 0 Å². The van der Waals surface area contributed by atoms with E-state index >= 15 is 0 Å². The molecule has 0 aromatic heterocycles. The van der Waals surface area contributed by atoms with Crippen molar-refractivity contribution in [3.8, 4) is 5.75 Å². The Kier molecular flexibility index (Phi) is 5.20. The van der Waals surface area contributed by atoms with Gasteiger partial charge in [0.25, 0.3) is 11.8 Å². The molecule has 7 heteroatoms. The van der Waals surface area contributed by atoms with Crippen molar-refractivity contribution in [3.63, 3.8) is 0 Å². The van der Waals surface area contributed by atoms with Gasteiger partial charge in [-0.1, -0.05) is 43.7 Å². The molecule has 2 saturated heterocycles. The number of amides is 2. The normalized spacial score (nSPS) is 37.3. The SMILES string of the molecule is COc1ccc(N2CCCCS/C2=N\N2C(=O)[C@@H]3[C@H](C2=O)[C@@]2(C)C(C)=C(C)[C@]3(C)C2C)cc1. The summed E-state index contributed by atoms with van der Waals surface area (Å²) in [5.74, 6) is 1.03. The first kappa shape index (κ1) is 22.5. The molecule has 1 aromatic rings. The first-order chi connectivity index (χ1) is 15.7. The van der Waals surface area contributed by atoms with Crippen molar-refractivity contribution in [2.75, 3.05) is 24.3 Å². The summed E-state index contributed by atoms with van der Waals surface area (Å²) in [6.45, 7) is 11.7. The molecule has 2 aliphatic carbocycles. The number of hydrogen-bond donors (Lipinski definition) is 0. The van der Waals surface area contributed by atoms with E-state index in [0.717, 1.165) is 41.7 Å². The number of hydrazone groups is 1. The van der Waals surface area contributed by atoms with Gasteiger partial charge in [-0.15, -0.1) is 5.10 Å². The van der Waals surface area contributed by atoms with Crippen LogP contribution >= 0.6 is 11.8 Å². The number of amidine groups is 1. The summed E-state index contributed by atoms with van der Waals surface area (Å²) in [5.41, 5.74) is 2.95. The molecule has 1 saturated carbocycles. The Labute approximate surface area is 200 Å². The lowest BCUT2D eigenvalue weighted by molar-refractivity contribution is -0.142. The third-order valence-electron chi connectivity index (χ3n) is 9.36. The van der Waals surface area contributed by atoms with E-state index in [0.29, 0.717) is 0 Å². The van der Waals surface area contributed by atoms with E-state index in [2.05, 4.69) is 39.5 Å². The van der Waals surface area contributed by atoms with Gasteiger partial charge in [0.05, 0.1) is 18.9 Å². The number of methoxy groups -OCH3 is 1. The average molecular weight is 468 g/mol. The van der Waals surface area contributed by atoms with Gasteiger partial charge in [-0.3, -0.25) is 9.59 Å². The second-order valence-corrected chi connectivity index (χ2v) is 11.3. The molecule has 6 nitrogen and oxygen atoms in total. The number of anilines is 1. The number of benzene rings is 1. The maximum Gasteiger partial charge on any atom is 0.254 e. The molecule has 2 aliphatic heterocycles. The van der Waals surface area contributed by atoms with Crippen LogP contribution in [0, 0.1) is 28.6 Å². The summed E-state index contributed by atoms with van der Waals surface area (Å²) < 4.78 is 5.30. The predicted molar refractivity (Wildman–Crippen MR) is 132 cm³/mol. The molecule has 2 heterocycles. The molecule has 1 unspecified atom stereocenters. The second kappa shape index (κ2) is 7.62. The summed E-state index contributed by atoms with van der Waals surface area (Å²) >= 11 is 1.62. The number of nitrogens with zero attached hydrogens (tertiary/aromatic N) is 3. The minimum Gasteiger partial charge on any atom is -0.497 e. The number of carbonyl (C=O) groups is 2. The zero-order chi connectivity index (χ0) is 23.7. The first-order valence-electron chi connectivity index (χ1n) is 11.9. The van der Waals surface area contributed by atoms with Crippen molar-refractivity contribution >= 4 is 34.4 Å². The number of allylic oxidation sites excluding steroid dienone is 2. The van der Waals surface area contributed by atoms with E-state index in [-0.39, 0.29) is 40.4 Å². The lowest BCUT2D eigenvalue weighted by Gasteiger charge is -2.34. The van der Waals surface area contributed by atoms with Crippen molar-refractivity contribution in [2.24, 2.45) is 33.7 Å². The second-order valence-electron chi connectivity index (χ2n) is 10.3. The highest BCUT2D eigenvalue weighted by Crippen LogP contribution is 2.74. The summed E-state index contributed by atoms with van der Waals surface area (Å²) in [7, 11) is 1.65. The highest BCUT2D eigenvalue weighted by molar-refractivity contribution is 8.14. The maximum atomic E-state index is 13.7. The van der Waals surface area contributed by atoms with Gasteiger partial charge in [0, 0.05) is 28.8 Å². The monoisotopic (exact) mass is 467 g/mol. The Hall–Kier alpha value is -2.28. The summed E-state index contributed by atoms with van der Waals surface area (Å²) in [6, 6.07) is 7.86. The molecule has 0 N–H and O–H groups in total. The van der Waals surface area contributed by atoms with Crippen LogP contribution in [0.1, 0.15) is 47.5 Å². The molecule has 0 radical (unpaired) electrons. The topological polar surface area (TPSA) is 62.2 Å². The quantitative estimate of drug-likeness (QED) is 0.467. The van der Waals surface area contributed by atoms with E-state index in [1.807, 2.05) is 24.3 Å². The van der Waals surface area contributed by atoms with Gasteiger partial charge in [0.1, 0.15) is 5.75 Å². The minimum atomic E-state index is -0.330. The lowest BCUT2D eigenvalue weighted by Crippen LogP contribution is -2.38. The number of thioether (sulfide) groups is 1. The fourth-order valence-electron chi connectivity index (χ4n) is 6.93. The maximum absolute atomic E-state index is 13.7. The lowest BCUT2D eigenvalue weighted by atomic mass is 9.66. The summed E-state index contributed by atoms with van der Waals surface area (Å²) in [4.78, 5) is 29.6. The van der Waals surface area contributed by atoms with Crippen LogP contribution in [0.4, 0.5) is 5.69 Å². The van der Waals surface area contributed by atoms with Crippen molar-refractivity contribution in [3.05, 3.63) is 35.4 Å². The van der Waals surface area contributed by atoms with Crippen LogP contribution in [0.2, 0.25) is 0 Å². The summed E-state index contributed by atoms with van der Waals surface area (Å²) in [6.07, 6.45) is 2.10. The standard InChI is InChI=1S/C26H33N3O3S/c1-15-16(2)26(5)17(3)25(15,4)20-21(26)23(31)29(22(20)30)27-24-28(13-7-8-14-33-24)18-9-11-19(32-6)12-10-18/h9-12,17,20-21H,7-8,13-14H2,1-6H3/b27-24-/t17?,20-,21+,25+,26-. The molecule has 33 heavy (non-hydrogen) atoms. The van der Waals surface area contributed by atoms with Crippen molar-refractivity contribution < 1.29 is 14.3 Å². The number of rotatable bonds is 3. The molecule has 5 atom stereocenters. The van der Waals surface area contributed by atoms with Crippen LogP contribution in [-0.2, 0) is 9.59 Å². The Morgan fingerprint density at radius 3 is 2.12 bits per heavy atom. The van der Waals surface area contributed by atoms with E-state index in [1.54, 1.807) is 18.9 Å². The van der Waals surface area contributed by atoms with Crippen LogP contribution < -0.4 is 9.64 Å². The average Bonchev–Trinajstić information content (AvgIpc) is 3.10. The number of carbonyl (C=O) groups excluding carboxylic acids is 2. The van der Waals surface area contributed by atoms with Gasteiger partial charge < -0.3 is 9.64 Å². The zero-order valence-electron chi connectivity index (χ0n) is 20.3. The molecule has 176 valence electrons. The number of imide groups is 1. The zero-order valence-corrected chi connectivity index (χ0v) is 21.2. The molecular formula is C26H33N3O3S. The highest BCUT2D eigenvalue weighted by Gasteiger charge is 2.75. The molecule has 1 aromatic carbocycles. The van der Waals surface area contributed by atoms with Crippen LogP contribution in [0.15, 0.2) is 40.5 Å². The Bertz CT molecular complexity index is 1040. The number of hydrogen-bond acceptors (Lipinski definition) is 5. The van der Waals surface area contributed by atoms with E-state index in [4.69, 9.17) is 9.84 Å². The molecule has 0 spiro atoms. The molecule has 3 fully saturated rings. The van der Waals surface area contributed by atoms with Crippen molar-refractivity contribution in [2.45, 2.75) is 47.5 Å². The number of ether oxygens (including phenoxy) is 1. The molecule has 2 amide bonds. The van der Waals surface area contributed by atoms with Crippen LogP contribution in [0.25, 0.3) is 0 Å². The fourth-order valence-corrected chi connectivity index (χ4v) is 7.95. The fraction of sp³-hybridized carbons (Fsp3) is 0.577. The van der Waals surface area contributed by atoms with E-state index in [9.17, 15) is 9.59 Å². The predicted octanol–water partition coefficient (Wildman–Crippen LogP) is 4.91. The third kappa shape index (κ3) is 2.84. The van der Waals surface area contributed by atoms with Crippen LogP contribution in [0.3, 0.4) is 0 Å². The molecule has 2 bridgehead atoms. The first-order valence-corrected chi connectivity index (χ1v) is 12.8. The summed E-state index contributed by atoms with van der Waals surface area (Å²) in [5, 5.41) is 6.70. The highest BCUT2D eigenvalue weighted by atomic mass is 32.2. The van der Waals surface area contributed by atoms with Gasteiger partial charge in [-0.05, 0) is 56.9 Å². The van der Waals surface area contributed by atoms with Gasteiger partial charge in [-0.2, -0.15) is 5.01 Å². The van der Waals surface area contributed by atoms with Gasteiger partial charge in [0.2, 0.25) is 0 Å². The number of fused-ring (bicyclic) bond motifs is 5. The van der Waals surface area contributed by atoms with E-state index in [1.165, 1.54) is 16.2 Å². The van der Waals surface area contributed by atoms with Crippen LogP contribution in [0.5, 0.6) is 5.75 Å². The Balaban J connectivity index is 1.53. The molecule has 5 rings (SSSR count). The Morgan fingerprint density at radius 1 is 1.00 bits per heavy atom. The Morgan fingerprint density at radius 2 is 1.58 bits per heavy atom. The van der Waals surface area contributed by atoms with E-state index < -0.39 is 0 Å². The van der Waals surface area contributed by atoms with Crippen LogP contribution in [-0.4, -0.2) is 41.4 Å². The van der Waals surface area contributed by atoms with Crippen molar-refractivity contribution in [1.82, 2.24) is 5.01 Å². The largest absolute Gasteiger partial charge is 0.497 e.